The summed E-state index contributed by atoms with van der Waals surface area (Å²) in [5.74, 6) is 0.453. The molecule has 12 heteroatoms. The summed E-state index contributed by atoms with van der Waals surface area (Å²) >= 11 is 0. The summed E-state index contributed by atoms with van der Waals surface area (Å²) < 4.78 is 13.1. The summed E-state index contributed by atoms with van der Waals surface area (Å²) in [5.41, 5.74) is 8.26. The van der Waals surface area contributed by atoms with Crippen LogP contribution in [-0.4, -0.2) is 66.0 Å². The van der Waals surface area contributed by atoms with Gasteiger partial charge in [-0.05, 0) is 59.6 Å². The molecule has 1 aliphatic heterocycles. The molecule has 0 bridgehead atoms. The first kappa shape index (κ1) is 26.1. The van der Waals surface area contributed by atoms with Gasteiger partial charge in [-0.3, -0.25) is 9.69 Å². The number of hydrogen-bond donors (Lipinski definition) is 1. The van der Waals surface area contributed by atoms with Gasteiger partial charge in [-0.25, -0.2) is 24.7 Å². The van der Waals surface area contributed by atoms with E-state index in [-0.39, 0.29) is 24.1 Å². The Kier molecular flexibility index (Phi) is 6.49. The number of likely N-dealkylation sites (tertiary alicyclic amines) is 1. The van der Waals surface area contributed by atoms with E-state index in [1.807, 2.05) is 57.3 Å². The maximum atomic E-state index is 13.0. The van der Waals surface area contributed by atoms with Gasteiger partial charge < -0.3 is 24.2 Å². The lowest BCUT2D eigenvalue weighted by atomic mass is 9.98. The van der Waals surface area contributed by atoms with Crippen LogP contribution < -0.4 is 10.6 Å². The second-order valence-corrected chi connectivity index (χ2v) is 11.0. The number of fused-ring (bicyclic) bond motifs is 1. The third kappa shape index (κ3) is 5.01. The number of anilines is 2. The number of carbonyl (C=O) groups excluding carboxylic acids is 2. The van der Waals surface area contributed by atoms with E-state index in [1.54, 1.807) is 11.1 Å². The van der Waals surface area contributed by atoms with Gasteiger partial charge >= 0.3 is 6.09 Å². The van der Waals surface area contributed by atoms with Crippen LogP contribution in [0, 0.1) is 6.92 Å². The second kappa shape index (κ2) is 9.68. The largest absolute Gasteiger partial charge is 0.444 e. The van der Waals surface area contributed by atoms with E-state index in [9.17, 15) is 9.59 Å². The first-order chi connectivity index (χ1) is 18.5. The highest BCUT2D eigenvalue weighted by Gasteiger charge is 2.43. The fourth-order valence-corrected chi connectivity index (χ4v) is 4.93. The highest BCUT2D eigenvalue weighted by atomic mass is 16.6. The predicted molar refractivity (Wildman–Crippen MR) is 145 cm³/mol. The summed E-state index contributed by atoms with van der Waals surface area (Å²) in [4.78, 5) is 46.6. The third-order valence-electron chi connectivity index (χ3n) is 6.78. The number of carbonyl (C=O) groups is 2. The standard InChI is InChI=1S/C27H32N8O4/c1-17-13-30-19-8-7-18(14-34(17)19)20-21(24-29-10-12-38-24)31-22(28)23(32-20)33(16-36)15-27(5)9-6-11-35(27)25(37)39-26(2,3)4/h7-8,10,12-14,16H,6,9,11,15H2,1-5H3,(H2,28,31). The molecule has 5 rings (SSSR count). The van der Waals surface area contributed by atoms with Crippen LogP contribution in [0.2, 0.25) is 0 Å². The zero-order valence-corrected chi connectivity index (χ0v) is 22.7. The van der Waals surface area contributed by atoms with Crippen LogP contribution in [0.3, 0.4) is 0 Å². The zero-order valence-electron chi connectivity index (χ0n) is 22.7. The van der Waals surface area contributed by atoms with Crippen LogP contribution in [0.25, 0.3) is 28.5 Å². The van der Waals surface area contributed by atoms with Crippen LogP contribution in [-0.2, 0) is 9.53 Å². The van der Waals surface area contributed by atoms with Crippen LogP contribution in [0.4, 0.5) is 16.4 Å². The number of nitrogens with zero attached hydrogens (tertiary/aromatic N) is 7. The molecule has 0 aromatic carbocycles. The van der Waals surface area contributed by atoms with Crippen molar-refractivity contribution in [2.24, 2.45) is 0 Å². The van der Waals surface area contributed by atoms with Crippen molar-refractivity contribution in [3.05, 3.63) is 42.7 Å². The predicted octanol–water partition coefficient (Wildman–Crippen LogP) is 4.09. The van der Waals surface area contributed by atoms with Crippen molar-refractivity contribution < 1.29 is 18.7 Å². The maximum absolute atomic E-state index is 13.0. The number of pyridine rings is 1. The Labute approximate surface area is 225 Å². The van der Waals surface area contributed by atoms with Gasteiger partial charge in [0.1, 0.15) is 23.2 Å². The van der Waals surface area contributed by atoms with Gasteiger partial charge in [0, 0.05) is 30.2 Å². The Hall–Kier alpha value is -4.48. The molecule has 2 N–H and O–H groups in total. The minimum absolute atomic E-state index is 0.0318. The molecule has 4 aromatic heterocycles. The number of nitrogen functional groups attached to an aromatic ring is 1. The van der Waals surface area contributed by atoms with Crippen LogP contribution >= 0.6 is 0 Å². The highest BCUT2D eigenvalue weighted by Crippen LogP contribution is 2.36. The number of oxazole rings is 1. The van der Waals surface area contributed by atoms with Crippen molar-refractivity contribution in [2.75, 3.05) is 23.7 Å². The number of rotatable bonds is 6. The third-order valence-corrected chi connectivity index (χ3v) is 6.78. The minimum atomic E-state index is -0.689. The number of amides is 2. The lowest BCUT2D eigenvalue weighted by molar-refractivity contribution is -0.107. The van der Waals surface area contributed by atoms with E-state index in [4.69, 9.17) is 19.9 Å². The topological polar surface area (TPSA) is 145 Å². The van der Waals surface area contributed by atoms with Crippen molar-refractivity contribution >= 4 is 29.8 Å². The Morgan fingerprint density at radius 2 is 2.05 bits per heavy atom. The van der Waals surface area contributed by atoms with E-state index >= 15 is 0 Å². The number of hydrogen-bond acceptors (Lipinski definition) is 9. The molecule has 4 aromatic rings. The van der Waals surface area contributed by atoms with E-state index in [0.717, 1.165) is 17.8 Å². The molecule has 1 atom stereocenters. The van der Waals surface area contributed by atoms with Crippen molar-refractivity contribution in [1.82, 2.24) is 29.2 Å². The monoisotopic (exact) mass is 532 g/mol. The van der Waals surface area contributed by atoms with Gasteiger partial charge in [-0.15, -0.1) is 0 Å². The van der Waals surface area contributed by atoms with Gasteiger partial charge in [0.2, 0.25) is 12.3 Å². The molecule has 12 nitrogen and oxygen atoms in total. The van der Waals surface area contributed by atoms with Crippen molar-refractivity contribution in [3.63, 3.8) is 0 Å². The van der Waals surface area contributed by atoms with Crippen LogP contribution in [0.15, 0.2) is 41.4 Å². The number of aryl methyl sites for hydroxylation is 1. The van der Waals surface area contributed by atoms with Gasteiger partial charge in [0.05, 0.1) is 18.3 Å². The van der Waals surface area contributed by atoms with Crippen LogP contribution in [0.1, 0.15) is 46.2 Å². The fraction of sp³-hybridized carbons (Fsp3) is 0.407. The van der Waals surface area contributed by atoms with Crippen molar-refractivity contribution in [1.29, 1.82) is 0 Å². The average molecular weight is 533 g/mol. The molecular weight excluding hydrogens is 500 g/mol. The zero-order chi connectivity index (χ0) is 27.9. The van der Waals surface area contributed by atoms with Crippen LogP contribution in [0.5, 0.6) is 0 Å². The first-order valence-corrected chi connectivity index (χ1v) is 12.7. The second-order valence-electron chi connectivity index (χ2n) is 11.0. The Morgan fingerprint density at radius 3 is 2.74 bits per heavy atom. The number of ether oxygens (including phenoxy) is 1. The first-order valence-electron chi connectivity index (χ1n) is 12.7. The minimum Gasteiger partial charge on any atom is -0.444 e. The van der Waals surface area contributed by atoms with Gasteiger partial charge in [0.15, 0.2) is 17.3 Å². The van der Waals surface area contributed by atoms with E-state index in [2.05, 4.69) is 15.0 Å². The molecule has 1 aliphatic rings. The number of imidazole rings is 1. The molecule has 0 saturated carbocycles. The molecule has 1 unspecified atom stereocenters. The molecule has 0 spiro atoms. The van der Waals surface area contributed by atoms with Crippen molar-refractivity contribution in [2.45, 2.75) is 58.6 Å². The van der Waals surface area contributed by atoms with Gasteiger partial charge in [-0.1, -0.05) is 0 Å². The Morgan fingerprint density at radius 1 is 1.26 bits per heavy atom. The summed E-state index contributed by atoms with van der Waals surface area (Å²) in [6.07, 6.45) is 8.33. The quantitative estimate of drug-likeness (QED) is 0.363. The molecule has 39 heavy (non-hydrogen) atoms. The Balaban J connectivity index is 1.56. The van der Waals surface area contributed by atoms with E-state index in [1.165, 1.54) is 17.4 Å². The smallest absolute Gasteiger partial charge is 0.410 e. The maximum Gasteiger partial charge on any atom is 0.410 e. The molecule has 5 heterocycles. The normalized spacial score (nSPS) is 17.5. The molecule has 204 valence electrons. The Bertz CT molecular complexity index is 1520. The van der Waals surface area contributed by atoms with E-state index < -0.39 is 17.2 Å². The fourth-order valence-electron chi connectivity index (χ4n) is 4.93. The molecule has 0 radical (unpaired) electrons. The average Bonchev–Trinajstić information content (AvgIpc) is 3.62. The lowest BCUT2D eigenvalue weighted by Gasteiger charge is -2.38. The summed E-state index contributed by atoms with van der Waals surface area (Å²) in [6, 6.07) is 3.74. The van der Waals surface area contributed by atoms with E-state index in [0.29, 0.717) is 36.3 Å². The summed E-state index contributed by atoms with van der Waals surface area (Å²) in [6.45, 7) is 10.0. The molecule has 1 fully saturated rings. The molecule has 1 saturated heterocycles. The van der Waals surface area contributed by atoms with Gasteiger partial charge in [0.25, 0.3) is 0 Å². The molecule has 0 aliphatic carbocycles. The highest BCUT2D eigenvalue weighted by molar-refractivity contribution is 5.84. The lowest BCUT2D eigenvalue weighted by Crippen LogP contribution is -2.53. The number of aromatic nitrogens is 5. The SMILES string of the molecule is Cc1cnc2ccc(-c3nc(N(C=O)CC4(C)CCCN4C(=O)OC(C)(C)C)c(N)nc3-c3ncco3)cn12. The molecule has 2 amide bonds. The van der Waals surface area contributed by atoms with Gasteiger partial charge in [-0.2, -0.15) is 0 Å². The molecular formula is C27H32N8O4. The number of nitrogens with two attached hydrogens (primary N) is 1. The van der Waals surface area contributed by atoms with Crippen molar-refractivity contribution in [3.8, 4) is 22.8 Å². The summed E-state index contributed by atoms with van der Waals surface area (Å²) in [7, 11) is 0. The summed E-state index contributed by atoms with van der Waals surface area (Å²) in [5, 5.41) is 0.